The lowest BCUT2D eigenvalue weighted by molar-refractivity contribution is -0.384. The molecule has 0 unspecified atom stereocenters. The largest absolute Gasteiger partial charge is 0.453 e. The van der Waals surface area contributed by atoms with E-state index in [1.807, 2.05) is 13.0 Å². The van der Waals surface area contributed by atoms with Crippen molar-refractivity contribution in [3.8, 4) is 5.75 Å². The normalized spacial score (nSPS) is 14.2. The number of nitro benzene ring substituents is 1. The summed E-state index contributed by atoms with van der Waals surface area (Å²) in [6.45, 7) is 1.82. The third-order valence-corrected chi connectivity index (χ3v) is 4.86. The lowest BCUT2D eigenvalue weighted by Crippen LogP contribution is -2.13. The summed E-state index contributed by atoms with van der Waals surface area (Å²) in [5, 5.41) is 15.2. The van der Waals surface area contributed by atoms with Gasteiger partial charge in [-0.3, -0.25) is 15.5 Å². The summed E-state index contributed by atoms with van der Waals surface area (Å²) in [7, 11) is 0. The molecular weight excluding hydrogens is 386 g/mol. The molecule has 1 aromatic heterocycles. The Morgan fingerprint density at radius 2 is 1.87 bits per heavy atom. The van der Waals surface area contributed by atoms with Crippen molar-refractivity contribution < 1.29 is 18.9 Å². The minimum absolute atomic E-state index is 0.0143. The van der Waals surface area contributed by atoms with E-state index in [1.54, 1.807) is 36.4 Å². The maximum atomic E-state index is 12.6. The standard InChI is InChI=1S/C22H19N3O5/c1-14-20-18(24-23-15-10-12-16(13-11-15)25(27)28)8-5-9-19(20)30-21(14)22(26)29-17-6-3-2-4-7-17/h2-4,6-7,10-13,23H,5,8-9H2,1H3/b24-18+. The summed E-state index contributed by atoms with van der Waals surface area (Å²) < 4.78 is 11.2. The number of nitro groups is 1. The van der Waals surface area contributed by atoms with Gasteiger partial charge in [0.15, 0.2) is 0 Å². The Kier molecular flexibility index (Phi) is 5.30. The minimum Gasteiger partial charge on any atom is -0.453 e. The summed E-state index contributed by atoms with van der Waals surface area (Å²) in [5.74, 6) is 0.789. The Morgan fingerprint density at radius 1 is 1.13 bits per heavy atom. The van der Waals surface area contributed by atoms with E-state index in [-0.39, 0.29) is 11.4 Å². The first-order valence-corrected chi connectivity index (χ1v) is 9.50. The first kappa shape index (κ1) is 19.4. The third kappa shape index (κ3) is 3.93. The number of nitrogens with zero attached hydrogens (tertiary/aromatic N) is 2. The SMILES string of the molecule is Cc1c(C(=O)Oc2ccccc2)oc2c1/C(=N/Nc1ccc([N+](=O)[O-])cc1)CCC2. The van der Waals surface area contributed by atoms with E-state index in [0.29, 0.717) is 29.2 Å². The van der Waals surface area contributed by atoms with E-state index in [9.17, 15) is 14.9 Å². The zero-order valence-electron chi connectivity index (χ0n) is 16.3. The quantitative estimate of drug-likeness (QED) is 0.281. The zero-order valence-corrected chi connectivity index (χ0v) is 16.3. The van der Waals surface area contributed by atoms with Gasteiger partial charge in [0.25, 0.3) is 5.69 Å². The number of para-hydroxylation sites is 1. The molecule has 0 radical (unpaired) electrons. The molecule has 2 aromatic carbocycles. The van der Waals surface area contributed by atoms with Gasteiger partial charge in [0, 0.05) is 29.7 Å². The molecule has 8 heteroatoms. The van der Waals surface area contributed by atoms with Crippen molar-refractivity contribution in [2.45, 2.75) is 26.2 Å². The van der Waals surface area contributed by atoms with Crippen LogP contribution in [0.15, 0.2) is 64.1 Å². The minimum atomic E-state index is -0.546. The van der Waals surface area contributed by atoms with Gasteiger partial charge >= 0.3 is 5.97 Å². The maximum absolute atomic E-state index is 12.6. The monoisotopic (exact) mass is 405 g/mol. The van der Waals surface area contributed by atoms with Gasteiger partial charge < -0.3 is 9.15 Å². The Morgan fingerprint density at radius 3 is 2.57 bits per heavy atom. The highest BCUT2D eigenvalue weighted by Crippen LogP contribution is 2.31. The number of benzene rings is 2. The van der Waals surface area contributed by atoms with Gasteiger partial charge in [0.1, 0.15) is 11.5 Å². The van der Waals surface area contributed by atoms with Gasteiger partial charge in [-0.05, 0) is 44.0 Å². The van der Waals surface area contributed by atoms with E-state index in [2.05, 4.69) is 10.5 Å². The smallest absolute Gasteiger partial charge is 0.379 e. The molecular formula is C22H19N3O5. The predicted molar refractivity (Wildman–Crippen MR) is 111 cm³/mol. The second-order valence-corrected chi connectivity index (χ2v) is 6.88. The van der Waals surface area contributed by atoms with Crippen LogP contribution >= 0.6 is 0 Å². The Labute approximate surface area is 172 Å². The number of anilines is 1. The number of carbonyl (C=O) groups excluding carboxylic acids is 1. The Hall–Kier alpha value is -3.94. The van der Waals surface area contributed by atoms with Crippen LogP contribution in [-0.4, -0.2) is 16.6 Å². The number of furan rings is 1. The van der Waals surface area contributed by atoms with E-state index in [4.69, 9.17) is 9.15 Å². The number of carbonyl (C=O) groups is 1. The highest BCUT2D eigenvalue weighted by atomic mass is 16.6. The molecule has 0 saturated carbocycles. The van der Waals surface area contributed by atoms with Crippen LogP contribution in [0, 0.1) is 17.0 Å². The van der Waals surface area contributed by atoms with E-state index >= 15 is 0 Å². The van der Waals surface area contributed by atoms with Crippen LogP contribution in [0.3, 0.4) is 0 Å². The van der Waals surface area contributed by atoms with Crippen LogP contribution in [0.1, 0.15) is 40.3 Å². The van der Waals surface area contributed by atoms with Gasteiger partial charge in [-0.15, -0.1) is 0 Å². The molecule has 0 fully saturated rings. The second-order valence-electron chi connectivity index (χ2n) is 6.88. The summed E-state index contributed by atoms with van der Waals surface area (Å²) >= 11 is 0. The van der Waals surface area contributed by atoms with Crippen LogP contribution in [-0.2, 0) is 6.42 Å². The molecule has 3 aromatic rings. The van der Waals surface area contributed by atoms with Crippen LogP contribution < -0.4 is 10.2 Å². The highest BCUT2D eigenvalue weighted by molar-refractivity contribution is 6.06. The number of esters is 1. The molecule has 1 heterocycles. The van der Waals surface area contributed by atoms with Crippen molar-refractivity contribution in [3.05, 3.63) is 87.4 Å². The maximum Gasteiger partial charge on any atom is 0.379 e. The van der Waals surface area contributed by atoms with Crippen molar-refractivity contribution in [2.75, 3.05) is 5.43 Å². The number of hydrogen-bond donors (Lipinski definition) is 1. The molecule has 1 aliphatic carbocycles. The molecule has 1 aliphatic rings. The summed E-state index contributed by atoms with van der Waals surface area (Å²) in [4.78, 5) is 22.9. The van der Waals surface area contributed by atoms with Gasteiger partial charge in [-0.1, -0.05) is 18.2 Å². The summed E-state index contributed by atoms with van der Waals surface area (Å²) in [6, 6.07) is 14.8. The molecule has 152 valence electrons. The fourth-order valence-electron chi connectivity index (χ4n) is 3.41. The first-order valence-electron chi connectivity index (χ1n) is 9.50. The van der Waals surface area contributed by atoms with Crippen LogP contribution in [0.5, 0.6) is 5.75 Å². The molecule has 0 saturated heterocycles. The average Bonchev–Trinajstić information content (AvgIpc) is 3.10. The molecule has 0 aliphatic heterocycles. The van der Waals surface area contributed by atoms with Crippen molar-refractivity contribution in [3.63, 3.8) is 0 Å². The number of non-ortho nitro benzene ring substituents is 1. The number of hydrazone groups is 1. The van der Waals surface area contributed by atoms with Gasteiger partial charge in [-0.2, -0.15) is 5.10 Å². The molecule has 0 amide bonds. The fraction of sp³-hybridized carbons (Fsp3) is 0.182. The lowest BCUT2D eigenvalue weighted by Gasteiger charge is -2.13. The average molecular weight is 405 g/mol. The number of nitrogens with one attached hydrogen (secondary N) is 1. The summed E-state index contributed by atoms with van der Waals surface area (Å²) in [5.41, 5.74) is 5.86. The second kappa shape index (κ2) is 8.20. The predicted octanol–water partition coefficient (Wildman–Crippen LogP) is 4.87. The number of aryl methyl sites for hydroxylation is 1. The molecule has 0 spiro atoms. The number of hydrogen-bond acceptors (Lipinski definition) is 7. The number of rotatable bonds is 5. The molecule has 8 nitrogen and oxygen atoms in total. The molecule has 30 heavy (non-hydrogen) atoms. The lowest BCUT2D eigenvalue weighted by atomic mass is 9.93. The van der Waals surface area contributed by atoms with Gasteiger partial charge in [0.05, 0.1) is 16.3 Å². The first-order chi connectivity index (χ1) is 14.5. The number of fused-ring (bicyclic) bond motifs is 1. The summed E-state index contributed by atoms with van der Waals surface area (Å²) in [6.07, 6.45) is 2.28. The third-order valence-electron chi connectivity index (χ3n) is 4.86. The molecule has 0 atom stereocenters. The zero-order chi connectivity index (χ0) is 21.1. The van der Waals surface area contributed by atoms with Crippen molar-refractivity contribution in [2.24, 2.45) is 5.10 Å². The van der Waals surface area contributed by atoms with Crippen molar-refractivity contribution in [1.29, 1.82) is 0 Å². The number of ether oxygens (including phenoxy) is 1. The molecule has 1 N–H and O–H groups in total. The van der Waals surface area contributed by atoms with Crippen LogP contribution in [0.4, 0.5) is 11.4 Å². The van der Waals surface area contributed by atoms with E-state index < -0.39 is 10.9 Å². The Balaban J connectivity index is 1.57. The van der Waals surface area contributed by atoms with Crippen molar-refractivity contribution in [1.82, 2.24) is 0 Å². The van der Waals surface area contributed by atoms with E-state index in [0.717, 1.165) is 24.1 Å². The highest BCUT2D eigenvalue weighted by Gasteiger charge is 2.29. The van der Waals surface area contributed by atoms with Gasteiger partial charge in [0.2, 0.25) is 5.76 Å². The van der Waals surface area contributed by atoms with Crippen LogP contribution in [0.2, 0.25) is 0 Å². The van der Waals surface area contributed by atoms with E-state index in [1.165, 1.54) is 12.1 Å². The fourth-order valence-corrected chi connectivity index (χ4v) is 3.41. The Bertz CT molecular complexity index is 1120. The topological polar surface area (TPSA) is 107 Å². The molecule has 0 bridgehead atoms. The van der Waals surface area contributed by atoms with Gasteiger partial charge in [-0.25, -0.2) is 4.79 Å². The molecule has 4 rings (SSSR count). The van der Waals surface area contributed by atoms with Crippen LogP contribution in [0.25, 0.3) is 0 Å². The van der Waals surface area contributed by atoms with Crippen molar-refractivity contribution >= 4 is 23.1 Å².